The van der Waals surface area contributed by atoms with Gasteiger partial charge in [0.1, 0.15) is 6.54 Å². The highest BCUT2D eigenvalue weighted by Gasteiger charge is 2.02. The van der Waals surface area contributed by atoms with Crippen molar-refractivity contribution in [1.29, 1.82) is 0 Å². The van der Waals surface area contributed by atoms with Gasteiger partial charge in [0.05, 0.1) is 0 Å². The van der Waals surface area contributed by atoms with Crippen molar-refractivity contribution in [2.24, 2.45) is 0 Å². The van der Waals surface area contributed by atoms with Crippen LogP contribution in [-0.2, 0) is 4.79 Å². The lowest BCUT2D eigenvalue weighted by Gasteiger charge is -1.73. The van der Waals surface area contributed by atoms with Crippen LogP contribution in [0, 0.1) is 0 Å². The maximum atomic E-state index is 10.1. The third-order valence-corrected chi connectivity index (χ3v) is 0.737. The Morgan fingerprint density at radius 2 is 2.67 bits per heavy atom. The van der Waals surface area contributed by atoms with Gasteiger partial charge in [-0.2, -0.15) is 0 Å². The highest BCUT2D eigenvalue weighted by Crippen LogP contribution is 1.68. The quantitative estimate of drug-likeness (QED) is 0.386. The van der Waals surface area contributed by atoms with E-state index in [9.17, 15) is 4.79 Å². The van der Waals surface area contributed by atoms with E-state index in [1.807, 2.05) is 6.08 Å². The lowest BCUT2D eigenvalue weighted by atomic mass is 10.6. The molecule has 0 atom stereocenters. The minimum atomic E-state index is 0.148. The monoisotopic (exact) mass is 84.0 g/mol. The van der Waals surface area contributed by atoms with Crippen molar-refractivity contribution in [3.8, 4) is 0 Å². The standard InChI is InChI=1S/C4H5NO/c6-4-2-1-3-5-4/h1-2H,3H2,(H,5,6)/p+1. The molecule has 0 radical (unpaired) electrons. The zero-order valence-electron chi connectivity index (χ0n) is 3.35. The SMILES string of the molecule is O=C1C=CC[NH2+]1. The molecule has 1 heterocycles. The summed E-state index contributed by atoms with van der Waals surface area (Å²) in [6, 6.07) is 0. The fraction of sp³-hybridized carbons (Fsp3) is 0.250. The van der Waals surface area contributed by atoms with Gasteiger partial charge in [0, 0.05) is 6.08 Å². The second-order valence-electron chi connectivity index (χ2n) is 1.24. The Bertz CT molecular complexity index is 95.7. The van der Waals surface area contributed by atoms with Gasteiger partial charge in [-0.05, 0) is 6.08 Å². The Balaban J connectivity index is 2.59. The predicted octanol–water partition coefficient (Wildman–Crippen LogP) is -1.35. The molecule has 0 saturated carbocycles. The van der Waals surface area contributed by atoms with Crippen molar-refractivity contribution in [1.82, 2.24) is 0 Å². The molecule has 0 aromatic heterocycles. The largest absolute Gasteiger partial charge is 0.335 e. The van der Waals surface area contributed by atoms with Crippen LogP contribution in [0.1, 0.15) is 0 Å². The van der Waals surface area contributed by atoms with E-state index in [0.717, 1.165) is 6.54 Å². The normalized spacial score (nSPS) is 19.7. The summed E-state index contributed by atoms with van der Waals surface area (Å²) in [4.78, 5) is 10.1. The van der Waals surface area contributed by atoms with Crippen LogP contribution >= 0.6 is 0 Å². The molecular weight excluding hydrogens is 78.0 g/mol. The molecule has 0 aliphatic carbocycles. The van der Waals surface area contributed by atoms with Crippen molar-refractivity contribution in [3.63, 3.8) is 0 Å². The van der Waals surface area contributed by atoms with Crippen LogP contribution in [0.3, 0.4) is 0 Å². The average Bonchev–Trinajstić information content (AvgIpc) is 1.86. The topological polar surface area (TPSA) is 33.7 Å². The van der Waals surface area contributed by atoms with Crippen LogP contribution < -0.4 is 5.32 Å². The number of primary amides is 1. The fourth-order valence-corrected chi connectivity index (χ4v) is 0.436. The number of quaternary nitrogens is 1. The van der Waals surface area contributed by atoms with Gasteiger partial charge in [0.15, 0.2) is 0 Å². The third-order valence-electron chi connectivity index (χ3n) is 0.737. The van der Waals surface area contributed by atoms with Crippen molar-refractivity contribution < 1.29 is 10.1 Å². The van der Waals surface area contributed by atoms with Gasteiger partial charge in [-0.25, -0.2) is 4.79 Å². The minimum Gasteiger partial charge on any atom is -0.276 e. The summed E-state index contributed by atoms with van der Waals surface area (Å²) in [5.74, 6) is 0.148. The summed E-state index contributed by atoms with van der Waals surface area (Å²) in [6.07, 6.45) is 3.43. The van der Waals surface area contributed by atoms with Gasteiger partial charge in [-0.1, -0.05) is 0 Å². The van der Waals surface area contributed by atoms with Gasteiger partial charge in [0.25, 0.3) is 0 Å². The summed E-state index contributed by atoms with van der Waals surface area (Å²) in [5.41, 5.74) is 0. The van der Waals surface area contributed by atoms with Crippen molar-refractivity contribution in [3.05, 3.63) is 12.2 Å². The zero-order chi connectivity index (χ0) is 4.41. The zero-order valence-corrected chi connectivity index (χ0v) is 3.35. The maximum Gasteiger partial charge on any atom is 0.335 e. The molecule has 0 bridgehead atoms. The first-order chi connectivity index (χ1) is 2.89. The van der Waals surface area contributed by atoms with Crippen LogP contribution in [0.5, 0.6) is 0 Å². The van der Waals surface area contributed by atoms with Crippen molar-refractivity contribution in [2.45, 2.75) is 0 Å². The number of amides is 1. The molecule has 1 amide bonds. The predicted molar refractivity (Wildman–Crippen MR) is 20.9 cm³/mol. The molecule has 6 heavy (non-hydrogen) atoms. The molecule has 1 aliphatic heterocycles. The Kier molecular flexibility index (Phi) is 0.725. The molecule has 0 spiro atoms. The van der Waals surface area contributed by atoms with Crippen LogP contribution in [0.15, 0.2) is 12.2 Å². The molecule has 0 aromatic carbocycles. The van der Waals surface area contributed by atoms with Crippen LogP contribution in [0.2, 0.25) is 0 Å². The molecule has 1 aliphatic rings. The number of carbonyl (C=O) groups excluding carboxylic acids is 1. The van der Waals surface area contributed by atoms with E-state index in [1.54, 1.807) is 11.4 Å². The van der Waals surface area contributed by atoms with Gasteiger partial charge in [0.2, 0.25) is 0 Å². The number of hydrogen-bond donors (Lipinski definition) is 1. The summed E-state index contributed by atoms with van der Waals surface area (Å²) in [7, 11) is 0. The first-order valence-electron chi connectivity index (χ1n) is 1.93. The van der Waals surface area contributed by atoms with Crippen LogP contribution in [-0.4, -0.2) is 12.5 Å². The minimum absolute atomic E-state index is 0.148. The number of nitrogens with two attached hydrogens (primary N) is 1. The van der Waals surface area contributed by atoms with E-state index in [1.165, 1.54) is 0 Å². The second kappa shape index (κ2) is 1.22. The molecule has 2 N–H and O–H groups in total. The smallest absolute Gasteiger partial charge is 0.276 e. The van der Waals surface area contributed by atoms with E-state index in [4.69, 9.17) is 0 Å². The van der Waals surface area contributed by atoms with E-state index >= 15 is 0 Å². The van der Waals surface area contributed by atoms with E-state index in [-0.39, 0.29) is 5.91 Å². The number of hydrogen-bond acceptors (Lipinski definition) is 1. The second-order valence-corrected chi connectivity index (χ2v) is 1.24. The lowest BCUT2D eigenvalue weighted by molar-refractivity contribution is -0.549. The van der Waals surface area contributed by atoms with Crippen LogP contribution in [0.25, 0.3) is 0 Å². The first kappa shape index (κ1) is 3.56. The third kappa shape index (κ3) is 0.466. The number of rotatable bonds is 0. The van der Waals surface area contributed by atoms with Crippen LogP contribution in [0.4, 0.5) is 0 Å². The molecular formula is C4H6NO+. The highest BCUT2D eigenvalue weighted by molar-refractivity contribution is 5.80. The molecule has 0 aromatic rings. The Labute approximate surface area is 35.9 Å². The Morgan fingerprint density at radius 1 is 1.83 bits per heavy atom. The Hall–Kier alpha value is -0.630. The van der Waals surface area contributed by atoms with E-state index in [2.05, 4.69) is 0 Å². The molecule has 0 saturated heterocycles. The summed E-state index contributed by atoms with van der Waals surface area (Å²) >= 11 is 0. The average molecular weight is 84.1 g/mol. The van der Waals surface area contributed by atoms with Gasteiger partial charge in [-0.15, -0.1) is 0 Å². The van der Waals surface area contributed by atoms with Gasteiger partial charge < -0.3 is 0 Å². The lowest BCUT2D eigenvalue weighted by Crippen LogP contribution is -2.84. The summed E-state index contributed by atoms with van der Waals surface area (Å²) < 4.78 is 0. The molecule has 2 heteroatoms. The molecule has 2 nitrogen and oxygen atoms in total. The van der Waals surface area contributed by atoms with Crippen molar-refractivity contribution >= 4 is 5.91 Å². The van der Waals surface area contributed by atoms with Gasteiger partial charge >= 0.3 is 5.91 Å². The molecule has 0 unspecified atom stereocenters. The van der Waals surface area contributed by atoms with E-state index < -0.39 is 0 Å². The molecule has 32 valence electrons. The molecule has 1 rings (SSSR count). The summed E-state index contributed by atoms with van der Waals surface area (Å²) in [6.45, 7) is 0.832. The number of carbonyl (C=O) groups is 1. The highest BCUT2D eigenvalue weighted by atomic mass is 16.1. The van der Waals surface area contributed by atoms with E-state index in [0.29, 0.717) is 0 Å². The summed E-state index contributed by atoms with van der Waals surface area (Å²) in [5, 5.41) is 1.65. The van der Waals surface area contributed by atoms with Gasteiger partial charge in [-0.3, -0.25) is 5.32 Å². The van der Waals surface area contributed by atoms with Crippen molar-refractivity contribution in [2.75, 3.05) is 6.54 Å². The Morgan fingerprint density at radius 3 is 2.83 bits per heavy atom. The first-order valence-corrected chi connectivity index (χ1v) is 1.93. The maximum absolute atomic E-state index is 10.1. The molecule has 0 fully saturated rings. The fourth-order valence-electron chi connectivity index (χ4n) is 0.436.